The molecule has 2 aliphatic rings. The molecule has 0 aliphatic carbocycles. The summed E-state index contributed by atoms with van der Waals surface area (Å²) in [5.74, 6) is 0.360. The Bertz CT molecular complexity index is 1220. The predicted octanol–water partition coefficient (Wildman–Crippen LogP) is 0.642. The summed E-state index contributed by atoms with van der Waals surface area (Å²) >= 11 is 0. The van der Waals surface area contributed by atoms with Gasteiger partial charge < -0.3 is 31.3 Å². The standard InChI is InChI=1S/C28H42N8O4.ClH/c1-20-7-11-33(13-9-23(20)29)12-8-21-3-5-22(6-4-21)36-14-10-24(32-27(36)40)31-26(39)35-17-15-34(16-18-35)25(38)28(2,30)19-37;/h3-6,10,14,20,23,37H,7-9,11-13,15-19,29-30H2,1-2H3,(H,31,32,39,40);1H/t20-,23-,28?;/m1./s1. The van der Waals surface area contributed by atoms with Gasteiger partial charge in [-0.05, 0) is 69.0 Å². The quantitative estimate of drug-likeness (QED) is 0.365. The normalized spacial score (nSPS) is 21.4. The minimum atomic E-state index is -1.35. The smallest absolute Gasteiger partial charge is 0.354 e. The SMILES string of the molecule is C[C@@H]1CCN(CCc2ccc(-n3ccc(NC(=O)N4CCN(C(=O)C(C)(N)CO)CC4)nc3=O)cc2)CC[C@H]1N.Cl. The second-order valence-corrected chi connectivity index (χ2v) is 11.2. The molecule has 41 heavy (non-hydrogen) atoms. The van der Waals surface area contributed by atoms with E-state index in [4.69, 9.17) is 11.5 Å². The van der Waals surface area contributed by atoms with Gasteiger partial charge in [0.05, 0.1) is 12.3 Å². The summed E-state index contributed by atoms with van der Waals surface area (Å²) in [5, 5.41) is 12.0. The van der Waals surface area contributed by atoms with Crippen LogP contribution in [-0.4, -0.2) is 105 Å². The zero-order valence-electron chi connectivity index (χ0n) is 23.9. The minimum Gasteiger partial charge on any atom is -0.394 e. The number of nitrogens with one attached hydrogen (secondary N) is 1. The van der Waals surface area contributed by atoms with Crippen molar-refractivity contribution in [1.29, 1.82) is 0 Å². The fraction of sp³-hybridized carbons (Fsp3) is 0.571. The summed E-state index contributed by atoms with van der Waals surface area (Å²) in [6.07, 6.45) is 4.68. The largest absolute Gasteiger partial charge is 0.394 e. The van der Waals surface area contributed by atoms with Gasteiger partial charge in [-0.3, -0.25) is 14.7 Å². The molecule has 0 bridgehead atoms. The Morgan fingerprint density at radius 3 is 2.32 bits per heavy atom. The number of carbonyl (C=O) groups excluding carboxylic acids is 2. The lowest BCUT2D eigenvalue weighted by Gasteiger charge is -2.37. The van der Waals surface area contributed by atoms with Crippen LogP contribution in [0, 0.1) is 5.92 Å². The molecule has 0 spiro atoms. The number of aliphatic hydroxyl groups excluding tert-OH is 1. The van der Waals surface area contributed by atoms with Crippen molar-refractivity contribution in [1.82, 2.24) is 24.3 Å². The maximum Gasteiger partial charge on any atom is 0.354 e. The number of aliphatic hydroxyl groups is 1. The van der Waals surface area contributed by atoms with E-state index in [1.807, 2.05) is 24.3 Å². The maximum absolute atomic E-state index is 12.7. The van der Waals surface area contributed by atoms with Crippen molar-refractivity contribution < 1.29 is 14.7 Å². The van der Waals surface area contributed by atoms with Gasteiger partial charge in [-0.15, -0.1) is 12.4 Å². The van der Waals surface area contributed by atoms with Crippen LogP contribution < -0.4 is 22.5 Å². The van der Waals surface area contributed by atoms with E-state index in [0.717, 1.165) is 38.9 Å². The second kappa shape index (κ2) is 14.2. The van der Waals surface area contributed by atoms with E-state index in [-0.39, 0.29) is 30.2 Å². The summed E-state index contributed by atoms with van der Waals surface area (Å²) < 4.78 is 1.44. The first-order chi connectivity index (χ1) is 19.1. The summed E-state index contributed by atoms with van der Waals surface area (Å²) in [6.45, 7) is 7.54. The summed E-state index contributed by atoms with van der Waals surface area (Å²) in [4.78, 5) is 47.5. The molecule has 4 rings (SSSR count). The third-order valence-corrected chi connectivity index (χ3v) is 8.05. The van der Waals surface area contributed by atoms with Gasteiger partial charge in [-0.2, -0.15) is 4.98 Å². The van der Waals surface area contributed by atoms with Crippen molar-refractivity contribution in [3.63, 3.8) is 0 Å². The number of halogens is 1. The highest BCUT2D eigenvalue weighted by Crippen LogP contribution is 2.17. The number of likely N-dealkylation sites (tertiary alicyclic amines) is 1. The molecule has 1 aromatic carbocycles. The van der Waals surface area contributed by atoms with Crippen molar-refractivity contribution >= 4 is 30.2 Å². The highest BCUT2D eigenvalue weighted by Gasteiger charge is 2.34. The number of nitrogens with zero attached hydrogens (tertiary/aromatic N) is 5. The molecule has 1 unspecified atom stereocenters. The Labute approximate surface area is 247 Å². The Balaban J connectivity index is 0.00000462. The van der Waals surface area contributed by atoms with E-state index in [0.29, 0.717) is 37.8 Å². The Morgan fingerprint density at radius 1 is 1.05 bits per heavy atom. The molecule has 12 nitrogen and oxygen atoms in total. The van der Waals surface area contributed by atoms with Gasteiger partial charge in [0.15, 0.2) is 0 Å². The van der Waals surface area contributed by atoms with Gasteiger partial charge in [-0.25, -0.2) is 9.59 Å². The molecule has 3 amide bonds. The average Bonchev–Trinajstić information content (AvgIpc) is 3.12. The first-order valence-corrected chi connectivity index (χ1v) is 14.0. The molecule has 2 aromatic rings. The highest BCUT2D eigenvalue weighted by molar-refractivity contribution is 5.89. The predicted molar refractivity (Wildman–Crippen MR) is 160 cm³/mol. The summed E-state index contributed by atoms with van der Waals surface area (Å²) in [6, 6.07) is 9.33. The number of benzene rings is 1. The molecule has 3 heterocycles. The van der Waals surface area contributed by atoms with Crippen LogP contribution in [0.15, 0.2) is 41.3 Å². The number of hydrogen-bond donors (Lipinski definition) is 4. The van der Waals surface area contributed by atoms with E-state index < -0.39 is 23.9 Å². The number of anilines is 1. The third-order valence-electron chi connectivity index (χ3n) is 8.05. The Hall–Kier alpha value is -3.03. The molecular formula is C28H43ClN8O4. The lowest BCUT2D eigenvalue weighted by molar-refractivity contribution is -0.139. The van der Waals surface area contributed by atoms with Crippen LogP contribution in [0.2, 0.25) is 0 Å². The topological polar surface area (TPSA) is 163 Å². The number of carbonyl (C=O) groups is 2. The number of urea groups is 1. The zero-order chi connectivity index (χ0) is 28.9. The molecule has 13 heteroatoms. The van der Waals surface area contributed by atoms with E-state index in [1.165, 1.54) is 22.0 Å². The number of hydrogen-bond acceptors (Lipinski definition) is 8. The summed E-state index contributed by atoms with van der Waals surface area (Å²) in [5.41, 5.74) is 12.1. The molecule has 1 aromatic heterocycles. The van der Waals surface area contributed by atoms with E-state index >= 15 is 0 Å². The van der Waals surface area contributed by atoms with Crippen molar-refractivity contribution in [2.45, 2.75) is 44.7 Å². The van der Waals surface area contributed by atoms with Gasteiger partial charge in [0.25, 0.3) is 0 Å². The lowest BCUT2D eigenvalue weighted by atomic mass is 9.98. The van der Waals surface area contributed by atoms with Crippen LogP contribution in [-0.2, 0) is 11.2 Å². The van der Waals surface area contributed by atoms with Gasteiger partial charge in [-0.1, -0.05) is 19.1 Å². The van der Waals surface area contributed by atoms with Crippen LogP contribution in [0.25, 0.3) is 5.69 Å². The van der Waals surface area contributed by atoms with Gasteiger partial charge in [0, 0.05) is 45.0 Å². The fourth-order valence-corrected chi connectivity index (χ4v) is 5.06. The third kappa shape index (κ3) is 8.26. The molecule has 2 saturated heterocycles. The molecule has 0 saturated carbocycles. The van der Waals surface area contributed by atoms with Gasteiger partial charge >= 0.3 is 11.7 Å². The van der Waals surface area contributed by atoms with Crippen molar-refractivity contribution in [3.05, 3.63) is 52.6 Å². The highest BCUT2D eigenvalue weighted by atomic mass is 35.5. The first-order valence-electron chi connectivity index (χ1n) is 14.0. The number of aromatic nitrogens is 2. The maximum atomic E-state index is 12.7. The first kappa shape index (κ1) is 32.5. The van der Waals surface area contributed by atoms with E-state index in [9.17, 15) is 19.5 Å². The van der Waals surface area contributed by atoms with Crippen LogP contribution >= 0.6 is 12.4 Å². The number of nitrogens with two attached hydrogens (primary N) is 2. The monoisotopic (exact) mass is 590 g/mol. The average molecular weight is 591 g/mol. The van der Waals surface area contributed by atoms with Crippen LogP contribution in [0.3, 0.4) is 0 Å². The molecular weight excluding hydrogens is 548 g/mol. The zero-order valence-corrected chi connectivity index (χ0v) is 24.7. The molecule has 3 atom stereocenters. The Kier molecular flexibility index (Phi) is 11.3. The molecule has 0 radical (unpaired) electrons. The number of rotatable bonds is 7. The second-order valence-electron chi connectivity index (χ2n) is 11.2. The fourth-order valence-electron chi connectivity index (χ4n) is 5.06. The van der Waals surface area contributed by atoms with Crippen LogP contribution in [0.5, 0.6) is 0 Å². The van der Waals surface area contributed by atoms with Crippen LogP contribution in [0.1, 0.15) is 32.3 Å². The lowest BCUT2D eigenvalue weighted by Crippen LogP contribution is -2.60. The van der Waals surface area contributed by atoms with Crippen molar-refractivity contribution in [2.75, 3.05) is 57.7 Å². The number of piperazine rings is 1. The Morgan fingerprint density at radius 2 is 1.68 bits per heavy atom. The molecule has 2 fully saturated rings. The molecule has 6 N–H and O–H groups in total. The van der Waals surface area contributed by atoms with E-state index in [2.05, 4.69) is 22.1 Å². The molecule has 226 valence electrons. The van der Waals surface area contributed by atoms with Crippen molar-refractivity contribution in [2.24, 2.45) is 17.4 Å². The van der Waals surface area contributed by atoms with Crippen molar-refractivity contribution in [3.8, 4) is 5.69 Å². The van der Waals surface area contributed by atoms with Crippen LogP contribution in [0.4, 0.5) is 10.6 Å². The molecule has 2 aliphatic heterocycles. The number of amides is 3. The van der Waals surface area contributed by atoms with E-state index in [1.54, 1.807) is 17.2 Å². The summed E-state index contributed by atoms with van der Waals surface area (Å²) in [7, 11) is 0. The van der Waals surface area contributed by atoms with Gasteiger partial charge in [0.1, 0.15) is 11.4 Å². The van der Waals surface area contributed by atoms with Gasteiger partial charge in [0.2, 0.25) is 5.91 Å². The minimum absolute atomic E-state index is 0.